The molecule has 0 aromatic rings. The molecule has 0 amide bonds. The fourth-order valence-electron chi connectivity index (χ4n) is 2.12. The van der Waals surface area contributed by atoms with Crippen LogP contribution >= 0.6 is 34.8 Å². The van der Waals surface area contributed by atoms with Crippen LogP contribution in [0.15, 0.2) is 0 Å². The van der Waals surface area contributed by atoms with E-state index in [1.165, 1.54) is 0 Å². The molecular formula is C11H14Cl3NO5. The zero-order valence-electron chi connectivity index (χ0n) is 11.0. The van der Waals surface area contributed by atoms with Gasteiger partial charge in [-0.15, -0.1) is 0 Å². The number of alkyl halides is 3. The zero-order chi connectivity index (χ0) is 15.3. The average Bonchev–Trinajstić information content (AvgIpc) is 2.66. The summed E-state index contributed by atoms with van der Waals surface area (Å²) < 4.78 is 19.0. The van der Waals surface area contributed by atoms with Crippen molar-refractivity contribution >= 4 is 46.9 Å². The first-order chi connectivity index (χ1) is 9.02. The van der Waals surface area contributed by atoms with Crippen molar-refractivity contribution in [2.24, 2.45) is 5.92 Å². The molecular weight excluding hydrogens is 332 g/mol. The van der Waals surface area contributed by atoms with Gasteiger partial charge in [-0.05, 0) is 13.8 Å². The standard InChI is InChI=1S/C11H14Cl3NO5/c1-4-5-6(18-9(16)17-5)7(20-10(4,2)3)19-8(15)11(12,13)14/h4-7,15H,1-3H3/t4-,5-,6-,7?/m1/s1. The summed E-state index contributed by atoms with van der Waals surface area (Å²) >= 11 is 16.7. The van der Waals surface area contributed by atoms with Crippen LogP contribution in [0.4, 0.5) is 4.79 Å². The molecule has 0 aromatic carbocycles. The fourth-order valence-corrected chi connectivity index (χ4v) is 2.26. The lowest BCUT2D eigenvalue weighted by Gasteiger charge is -2.44. The van der Waals surface area contributed by atoms with Crippen LogP contribution in [-0.4, -0.2) is 39.9 Å². The molecule has 1 N–H and O–H groups in total. The Hall–Kier alpha value is -0.430. The van der Waals surface area contributed by atoms with Gasteiger partial charge in [-0.25, -0.2) is 4.79 Å². The predicted octanol–water partition coefficient (Wildman–Crippen LogP) is 3.03. The van der Waals surface area contributed by atoms with Gasteiger partial charge in [-0.3, -0.25) is 5.41 Å². The van der Waals surface area contributed by atoms with E-state index in [-0.39, 0.29) is 5.92 Å². The van der Waals surface area contributed by atoms with Crippen LogP contribution in [0.5, 0.6) is 0 Å². The molecule has 20 heavy (non-hydrogen) atoms. The van der Waals surface area contributed by atoms with Crippen molar-refractivity contribution in [2.75, 3.05) is 0 Å². The molecule has 114 valence electrons. The molecule has 2 heterocycles. The first-order valence-corrected chi connectivity index (χ1v) is 7.03. The van der Waals surface area contributed by atoms with E-state index < -0.39 is 39.9 Å². The Morgan fingerprint density at radius 3 is 2.40 bits per heavy atom. The predicted molar refractivity (Wildman–Crippen MR) is 72.4 cm³/mol. The molecule has 2 fully saturated rings. The number of fused-ring (bicyclic) bond motifs is 1. The van der Waals surface area contributed by atoms with E-state index in [4.69, 9.17) is 59.2 Å². The Balaban J connectivity index is 2.20. The van der Waals surface area contributed by atoms with E-state index in [9.17, 15) is 4.79 Å². The first-order valence-electron chi connectivity index (χ1n) is 5.90. The number of hydrogen-bond donors (Lipinski definition) is 1. The highest BCUT2D eigenvalue weighted by Crippen LogP contribution is 2.41. The lowest BCUT2D eigenvalue weighted by atomic mass is 9.82. The van der Waals surface area contributed by atoms with Gasteiger partial charge < -0.3 is 18.9 Å². The molecule has 0 aromatic heterocycles. The van der Waals surface area contributed by atoms with Gasteiger partial charge in [-0.1, -0.05) is 41.7 Å². The van der Waals surface area contributed by atoms with Gasteiger partial charge in [0.05, 0.1) is 5.60 Å². The molecule has 1 unspecified atom stereocenters. The van der Waals surface area contributed by atoms with Crippen LogP contribution in [0.1, 0.15) is 20.8 Å². The lowest BCUT2D eigenvalue weighted by Crippen LogP contribution is -2.58. The largest absolute Gasteiger partial charge is 0.509 e. The summed E-state index contributed by atoms with van der Waals surface area (Å²) in [6.07, 6.45) is -3.22. The number of rotatable bonds is 1. The van der Waals surface area contributed by atoms with E-state index >= 15 is 0 Å². The summed E-state index contributed by atoms with van der Waals surface area (Å²) in [5.41, 5.74) is -0.659. The topological polar surface area (TPSA) is 77.8 Å². The Kier molecular flexibility index (Phi) is 4.06. The van der Waals surface area contributed by atoms with Crippen LogP contribution < -0.4 is 0 Å². The van der Waals surface area contributed by atoms with Crippen LogP contribution in [0.2, 0.25) is 0 Å². The van der Waals surface area contributed by atoms with Gasteiger partial charge in [0, 0.05) is 5.92 Å². The van der Waals surface area contributed by atoms with Crippen LogP contribution in [0.3, 0.4) is 0 Å². The quantitative estimate of drug-likeness (QED) is 0.342. The number of nitrogens with one attached hydrogen (secondary N) is 1. The summed E-state index contributed by atoms with van der Waals surface area (Å²) in [5.74, 6) is -0.736. The molecule has 0 aliphatic carbocycles. The van der Waals surface area contributed by atoms with E-state index in [1.54, 1.807) is 0 Å². The summed E-state index contributed by atoms with van der Waals surface area (Å²) in [5, 5.41) is 7.58. The Labute approximate surface area is 131 Å². The number of carbonyl (C=O) groups excluding carboxylic acids is 1. The van der Waals surface area contributed by atoms with Crippen molar-refractivity contribution in [3.05, 3.63) is 0 Å². The number of hydrogen-bond acceptors (Lipinski definition) is 6. The molecule has 2 aliphatic rings. The molecule has 4 atom stereocenters. The molecule has 0 bridgehead atoms. The van der Waals surface area contributed by atoms with Crippen molar-refractivity contribution in [2.45, 2.75) is 48.7 Å². The van der Waals surface area contributed by atoms with E-state index in [0.29, 0.717) is 0 Å². The van der Waals surface area contributed by atoms with Crippen molar-refractivity contribution in [3.8, 4) is 0 Å². The van der Waals surface area contributed by atoms with E-state index in [2.05, 4.69) is 0 Å². The third kappa shape index (κ3) is 2.93. The second-order valence-corrected chi connectivity index (χ2v) is 7.52. The highest BCUT2D eigenvalue weighted by molar-refractivity contribution is 6.76. The second-order valence-electron chi connectivity index (χ2n) is 5.24. The van der Waals surface area contributed by atoms with Gasteiger partial charge in [-0.2, -0.15) is 0 Å². The number of ether oxygens (including phenoxy) is 4. The van der Waals surface area contributed by atoms with Crippen LogP contribution in [-0.2, 0) is 18.9 Å². The minimum Gasteiger partial charge on any atom is -0.444 e. The van der Waals surface area contributed by atoms with Crippen molar-refractivity contribution < 1.29 is 23.7 Å². The monoisotopic (exact) mass is 345 g/mol. The van der Waals surface area contributed by atoms with E-state index in [0.717, 1.165) is 0 Å². The second kappa shape index (κ2) is 5.09. The molecule has 0 saturated carbocycles. The van der Waals surface area contributed by atoms with Crippen molar-refractivity contribution in [1.82, 2.24) is 0 Å². The fraction of sp³-hybridized carbons (Fsp3) is 0.818. The molecule has 0 radical (unpaired) electrons. The molecule has 9 heteroatoms. The smallest absolute Gasteiger partial charge is 0.444 e. The van der Waals surface area contributed by atoms with E-state index in [1.807, 2.05) is 20.8 Å². The third-order valence-electron chi connectivity index (χ3n) is 3.56. The maximum atomic E-state index is 11.3. The molecule has 0 spiro atoms. The van der Waals surface area contributed by atoms with Crippen molar-refractivity contribution in [1.29, 1.82) is 5.41 Å². The molecule has 2 aliphatic heterocycles. The van der Waals surface area contributed by atoms with Gasteiger partial charge in [0.1, 0.15) is 0 Å². The summed E-state index contributed by atoms with van der Waals surface area (Å²) in [6.45, 7) is 5.50. The molecule has 6 nitrogen and oxygen atoms in total. The number of halogens is 3. The van der Waals surface area contributed by atoms with Crippen molar-refractivity contribution in [3.63, 3.8) is 0 Å². The summed E-state index contributed by atoms with van der Waals surface area (Å²) in [7, 11) is 0. The minimum atomic E-state index is -2.02. The Morgan fingerprint density at radius 2 is 1.85 bits per heavy atom. The van der Waals surface area contributed by atoms with Crippen LogP contribution in [0.25, 0.3) is 0 Å². The first kappa shape index (κ1) is 15.9. The maximum absolute atomic E-state index is 11.3. The minimum absolute atomic E-state index is 0.124. The van der Waals surface area contributed by atoms with Gasteiger partial charge in [0.2, 0.25) is 18.3 Å². The Bertz CT molecular complexity index is 436. The normalized spacial score (nSPS) is 35.8. The highest BCUT2D eigenvalue weighted by Gasteiger charge is 2.57. The lowest BCUT2D eigenvalue weighted by molar-refractivity contribution is -0.265. The summed E-state index contributed by atoms with van der Waals surface area (Å²) in [4.78, 5) is 11.3. The van der Waals surface area contributed by atoms with Gasteiger partial charge in [0.15, 0.2) is 6.10 Å². The average molecular weight is 347 g/mol. The Morgan fingerprint density at radius 1 is 1.30 bits per heavy atom. The van der Waals surface area contributed by atoms with Crippen LogP contribution in [0, 0.1) is 11.3 Å². The zero-order valence-corrected chi connectivity index (χ0v) is 13.3. The highest BCUT2D eigenvalue weighted by atomic mass is 35.6. The maximum Gasteiger partial charge on any atom is 0.509 e. The van der Waals surface area contributed by atoms with Gasteiger partial charge >= 0.3 is 6.16 Å². The molecule has 2 rings (SSSR count). The van der Waals surface area contributed by atoms with Gasteiger partial charge in [0.25, 0.3) is 3.79 Å². The SMILES string of the molecule is C[C@@H]1[C@H]2OC(=O)O[C@H]2C(OC(=N)C(Cl)(Cl)Cl)OC1(C)C. The number of carbonyl (C=O) groups is 1. The summed E-state index contributed by atoms with van der Waals surface area (Å²) in [6, 6.07) is 0. The third-order valence-corrected chi connectivity index (χ3v) is 4.07. The molecule has 2 saturated heterocycles.